The van der Waals surface area contributed by atoms with Crippen molar-refractivity contribution in [2.24, 2.45) is 5.73 Å². The van der Waals surface area contributed by atoms with Gasteiger partial charge < -0.3 is 5.73 Å². The van der Waals surface area contributed by atoms with Gasteiger partial charge in [-0.05, 0) is 31.0 Å². The average Bonchev–Trinajstić information content (AvgIpc) is 2.50. The summed E-state index contributed by atoms with van der Waals surface area (Å²) in [5.74, 6) is -0.447. The number of benzene rings is 1. The number of nitrogens with zero attached hydrogens (tertiary/aromatic N) is 3. The summed E-state index contributed by atoms with van der Waals surface area (Å²) in [6, 6.07) is 5.17. The van der Waals surface area contributed by atoms with Crippen LogP contribution < -0.4 is 16.3 Å². The number of imide groups is 1. The summed E-state index contributed by atoms with van der Waals surface area (Å²) < 4.78 is 1.08. The Morgan fingerprint density at radius 3 is 2.43 bits per heavy atom. The summed E-state index contributed by atoms with van der Waals surface area (Å²) in [4.78, 5) is 41.2. The largest absolute Gasteiger partial charge is 0.326 e. The Kier molecular flexibility index (Phi) is 4.82. The van der Waals surface area contributed by atoms with Crippen LogP contribution in [0.25, 0.3) is 10.9 Å². The Labute approximate surface area is 138 Å². The predicted molar refractivity (Wildman–Crippen MR) is 88.0 cm³/mol. The maximum atomic E-state index is 12.7. The van der Waals surface area contributed by atoms with Crippen LogP contribution in [0.15, 0.2) is 23.0 Å². The average molecular weight is 337 g/mol. The van der Waals surface area contributed by atoms with Crippen LogP contribution in [-0.4, -0.2) is 21.5 Å². The highest BCUT2D eigenvalue weighted by Gasteiger charge is 2.30. The summed E-state index contributed by atoms with van der Waals surface area (Å²) in [5.41, 5.74) is 6.48. The van der Waals surface area contributed by atoms with Gasteiger partial charge >= 0.3 is 0 Å². The van der Waals surface area contributed by atoms with E-state index in [1.54, 1.807) is 25.1 Å². The lowest BCUT2D eigenvalue weighted by Crippen LogP contribution is -2.53. The van der Waals surface area contributed by atoms with Gasteiger partial charge in [0.25, 0.3) is 5.56 Å². The van der Waals surface area contributed by atoms with Crippen LogP contribution in [0.3, 0.4) is 0 Å². The lowest BCUT2D eigenvalue weighted by Gasteiger charge is -2.27. The Balaban J connectivity index is 0.00000192. The van der Waals surface area contributed by atoms with E-state index in [2.05, 4.69) is 4.98 Å². The van der Waals surface area contributed by atoms with E-state index < -0.39 is 5.56 Å². The highest BCUT2D eigenvalue weighted by atomic mass is 35.5. The van der Waals surface area contributed by atoms with Gasteiger partial charge in [0.15, 0.2) is 0 Å². The fraction of sp³-hybridized carbons (Fsp3) is 0.333. The third-order valence-corrected chi connectivity index (χ3v) is 3.76. The first-order valence-electron chi connectivity index (χ1n) is 7.11. The first kappa shape index (κ1) is 17.1. The number of rotatable bonds is 2. The van der Waals surface area contributed by atoms with E-state index in [-0.39, 0.29) is 37.1 Å². The van der Waals surface area contributed by atoms with E-state index in [1.165, 1.54) is 0 Å². The number of nitrogens with two attached hydrogens (primary N) is 1. The number of amides is 2. The molecular weight excluding hydrogens is 320 g/mol. The van der Waals surface area contributed by atoms with E-state index >= 15 is 0 Å². The number of aromatic nitrogens is 2. The first-order chi connectivity index (χ1) is 10.5. The molecule has 2 amide bonds. The maximum absolute atomic E-state index is 12.7. The molecule has 1 saturated heterocycles. The number of hydrogen-bond acceptors (Lipinski definition) is 5. The summed E-state index contributed by atoms with van der Waals surface area (Å²) in [6.07, 6.45) is 1.01. The Morgan fingerprint density at radius 1 is 1.17 bits per heavy atom. The van der Waals surface area contributed by atoms with E-state index in [0.717, 1.165) is 15.2 Å². The Bertz CT molecular complexity index is 830. The number of piperidine rings is 1. The van der Waals surface area contributed by atoms with Gasteiger partial charge in [0, 0.05) is 19.4 Å². The van der Waals surface area contributed by atoms with Crippen LogP contribution in [0.2, 0.25) is 0 Å². The molecule has 2 heterocycles. The van der Waals surface area contributed by atoms with E-state index in [9.17, 15) is 14.4 Å². The zero-order valence-electron chi connectivity index (χ0n) is 12.6. The standard InChI is InChI=1S/C15H16N4O3.ClH/c1-9-17-12-6-5-10(8-16)7-11(12)15(22)18(9)19-13(20)3-2-4-14(19)21;/h5-7H,2-4,8,16H2,1H3;1H. The van der Waals surface area contributed by atoms with E-state index in [0.29, 0.717) is 29.7 Å². The molecule has 0 atom stereocenters. The molecular formula is C15H17ClN4O3. The van der Waals surface area contributed by atoms with Gasteiger partial charge in [0.05, 0.1) is 10.9 Å². The van der Waals surface area contributed by atoms with Crippen molar-refractivity contribution in [3.8, 4) is 0 Å². The number of halogens is 1. The molecule has 2 N–H and O–H groups in total. The van der Waals surface area contributed by atoms with Crippen LogP contribution >= 0.6 is 12.4 Å². The molecule has 0 bridgehead atoms. The predicted octanol–water partition coefficient (Wildman–Crippen LogP) is 0.761. The minimum absolute atomic E-state index is 0. The van der Waals surface area contributed by atoms with Gasteiger partial charge in [-0.15, -0.1) is 12.4 Å². The minimum Gasteiger partial charge on any atom is -0.326 e. The van der Waals surface area contributed by atoms with Crippen molar-refractivity contribution in [1.29, 1.82) is 0 Å². The first-order valence-corrected chi connectivity index (χ1v) is 7.11. The quantitative estimate of drug-likeness (QED) is 0.816. The maximum Gasteiger partial charge on any atom is 0.280 e. The highest BCUT2D eigenvalue weighted by Crippen LogP contribution is 2.15. The smallest absolute Gasteiger partial charge is 0.280 e. The van der Waals surface area contributed by atoms with Gasteiger partial charge in [-0.2, -0.15) is 9.69 Å². The molecule has 7 nitrogen and oxygen atoms in total. The van der Waals surface area contributed by atoms with Crippen molar-refractivity contribution in [1.82, 2.24) is 9.66 Å². The molecule has 1 aromatic carbocycles. The molecule has 8 heteroatoms. The number of aryl methyl sites for hydroxylation is 1. The Hall–Kier alpha value is -2.25. The molecule has 0 spiro atoms. The minimum atomic E-state index is -0.429. The van der Waals surface area contributed by atoms with Crippen LogP contribution in [0.1, 0.15) is 30.7 Å². The van der Waals surface area contributed by atoms with Gasteiger partial charge in [-0.1, -0.05) is 6.07 Å². The zero-order chi connectivity index (χ0) is 15.9. The van der Waals surface area contributed by atoms with Gasteiger partial charge in [-0.3, -0.25) is 14.4 Å². The van der Waals surface area contributed by atoms with Crippen LogP contribution in [0, 0.1) is 6.92 Å². The number of carbonyl (C=O) groups excluding carboxylic acids is 2. The van der Waals surface area contributed by atoms with Gasteiger partial charge in [-0.25, -0.2) is 4.98 Å². The Morgan fingerprint density at radius 2 is 1.83 bits per heavy atom. The second kappa shape index (κ2) is 6.47. The molecule has 0 radical (unpaired) electrons. The van der Waals surface area contributed by atoms with Crippen molar-refractivity contribution < 1.29 is 9.59 Å². The molecule has 3 rings (SSSR count). The van der Waals surface area contributed by atoms with Crippen molar-refractivity contribution in [3.05, 3.63) is 39.9 Å². The number of fused-ring (bicyclic) bond motifs is 1. The summed E-state index contributed by atoms with van der Waals surface area (Å²) in [6.45, 7) is 1.90. The fourth-order valence-corrected chi connectivity index (χ4v) is 2.66. The lowest BCUT2D eigenvalue weighted by atomic mass is 10.1. The SMILES string of the molecule is Cc1nc2ccc(CN)cc2c(=O)n1N1C(=O)CCCC1=O.Cl. The van der Waals surface area contributed by atoms with Crippen molar-refractivity contribution in [3.63, 3.8) is 0 Å². The molecule has 0 saturated carbocycles. The lowest BCUT2D eigenvalue weighted by molar-refractivity contribution is -0.131. The van der Waals surface area contributed by atoms with Crippen molar-refractivity contribution >= 4 is 35.1 Å². The summed E-state index contributed by atoms with van der Waals surface area (Å²) in [7, 11) is 0. The fourth-order valence-electron chi connectivity index (χ4n) is 2.66. The third-order valence-electron chi connectivity index (χ3n) is 3.76. The molecule has 122 valence electrons. The molecule has 23 heavy (non-hydrogen) atoms. The number of hydrogen-bond donors (Lipinski definition) is 1. The van der Waals surface area contributed by atoms with Crippen LogP contribution in [0.5, 0.6) is 0 Å². The molecule has 1 aliphatic heterocycles. The third kappa shape index (κ3) is 2.85. The molecule has 1 fully saturated rings. The van der Waals surface area contributed by atoms with Crippen LogP contribution in [0.4, 0.5) is 0 Å². The zero-order valence-corrected chi connectivity index (χ0v) is 13.4. The normalized spacial score (nSPS) is 15.0. The van der Waals surface area contributed by atoms with Crippen molar-refractivity contribution in [2.75, 3.05) is 5.01 Å². The molecule has 1 aliphatic rings. The molecule has 0 aliphatic carbocycles. The topological polar surface area (TPSA) is 98.3 Å². The summed E-state index contributed by atoms with van der Waals surface area (Å²) >= 11 is 0. The summed E-state index contributed by atoms with van der Waals surface area (Å²) in [5, 5.41) is 1.27. The van der Waals surface area contributed by atoms with E-state index in [1.807, 2.05) is 0 Å². The molecule has 1 aromatic heterocycles. The second-order valence-corrected chi connectivity index (χ2v) is 5.28. The van der Waals surface area contributed by atoms with Crippen LogP contribution in [-0.2, 0) is 16.1 Å². The molecule has 2 aromatic rings. The number of carbonyl (C=O) groups is 2. The highest BCUT2D eigenvalue weighted by molar-refractivity contribution is 6.10. The second-order valence-electron chi connectivity index (χ2n) is 5.28. The van der Waals surface area contributed by atoms with Crippen molar-refractivity contribution in [2.45, 2.75) is 32.7 Å². The monoisotopic (exact) mass is 336 g/mol. The van der Waals surface area contributed by atoms with E-state index in [4.69, 9.17) is 5.73 Å². The van der Waals surface area contributed by atoms with Gasteiger partial charge in [0.2, 0.25) is 11.8 Å². The molecule has 0 unspecified atom stereocenters. The van der Waals surface area contributed by atoms with Gasteiger partial charge in [0.1, 0.15) is 5.82 Å².